The molecule has 0 radical (unpaired) electrons. The topological polar surface area (TPSA) is 40.5 Å². The number of carbonyl (C=O) groups is 1. The van der Waals surface area contributed by atoms with Gasteiger partial charge in [0.2, 0.25) is 0 Å². The number of hydrogen-bond donors (Lipinski definition) is 1. The lowest BCUT2D eigenvalue weighted by Gasteiger charge is -2.45. The van der Waals surface area contributed by atoms with E-state index in [4.69, 9.17) is 0 Å². The van der Waals surface area contributed by atoms with Crippen molar-refractivity contribution >= 4 is 6.29 Å². The van der Waals surface area contributed by atoms with Crippen LogP contribution >= 0.6 is 0 Å². The zero-order valence-electron chi connectivity index (χ0n) is 14.4. The van der Waals surface area contributed by atoms with Crippen molar-refractivity contribution < 1.29 is 9.90 Å². The Morgan fingerprint density at radius 2 is 1.80 bits per heavy atom. The molecular weight excluding hydrogens is 250 g/mol. The molecule has 0 fully saturated rings. The van der Waals surface area contributed by atoms with Gasteiger partial charge in [-0.05, 0) is 43.2 Å². The zero-order valence-corrected chi connectivity index (χ0v) is 14.4. The number of hydrogen-bond acceptors (Lipinski definition) is 3. The van der Waals surface area contributed by atoms with Crippen molar-refractivity contribution in [3.63, 3.8) is 0 Å². The van der Waals surface area contributed by atoms with Crippen molar-refractivity contribution in [3.8, 4) is 0 Å². The summed E-state index contributed by atoms with van der Waals surface area (Å²) in [6.07, 6.45) is 4.49. The molecule has 0 saturated carbocycles. The monoisotopic (exact) mass is 285 g/mol. The molecule has 0 spiro atoms. The van der Waals surface area contributed by atoms with Gasteiger partial charge >= 0.3 is 0 Å². The van der Waals surface area contributed by atoms with Gasteiger partial charge in [0.1, 0.15) is 6.29 Å². The molecule has 0 aliphatic rings. The van der Waals surface area contributed by atoms with E-state index in [9.17, 15) is 9.90 Å². The Hall–Kier alpha value is -0.410. The van der Waals surface area contributed by atoms with Gasteiger partial charge in [-0.1, -0.05) is 41.5 Å². The molecule has 3 heteroatoms. The van der Waals surface area contributed by atoms with Gasteiger partial charge in [-0.15, -0.1) is 0 Å². The maximum Gasteiger partial charge on any atom is 0.120 e. The summed E-state index contributed by atoms with van der Waals surface area (Å²) in [5.74, 6) is 0. The van der Waals surface area contributed by atoms with Crippen LogP contribution in [0.2, 0.25) is 0 Å². The summed E-state index contributed by atoms with van der Waals surface area (Å²) in [6, 6.07) is 0.436. The van der Waals surface area contributed by atoms with E-state index < -0.39 is 0 Å². The third-order valence-electron chi connectivity index (χ3n) is 4.08. The molecule has 0 aromatic carbocycles. The maximum atomic E-state index is 10.5. The smallest absolute Gasteiger partial charge is 0.120 e. The minimum absolute atomic E-state index is 0.0826. The first kappa shape index (κ1) is 19.6. The zero-order chi connectivity index (χ0) is 15.8. The fraction of sp³-hybridized carbons (Fsp3) is 0.941. The number of aliphatic hydroxyl groups excluding tert-OH is 1. The molecule has 0 heterocycles. The first-order chi connectivity index (χ1) is 9.18. The third-order valence-corrected chi connectivity index (χ3v) is 4.08. The van der Waals surface area contributed by atoms with E-state index >= 15 is 0 Å². The molecule has 0 bridgehead atoms. The summed E-state index contributed by atoms with van der Waals surface area (Å²) in [4.78, 5) is 13.0. The van der Waals surface area contributed by atoms with E-state index in [0.717, 1.165) is 38.6 Å². The van der Waals surface area contributed by atoms with Crippen LogP contribution in [0.25, 0.3) is 0 Å². The molecule has 0 aromatic rings. The molecule has 3 nitrogen and oxygen atoms in total. The summed E-state index contributed by atoms with van der Waals surface area (Å²) < 4.78 is 0. The van der Waals surface area contributed by atoms with Crippen LogP contribution in [0.1, 0.15) is 67.2 Å². The predicted molar refractivity (Wildman–Crippen MR) is 85.9 cm³/mol. The van der Waals surface area contributed by atoms with Gasteiger partial charge in [0.05, 0.1) is 0 Å². The quantitative estimate of drug-likeness (QED) is 0.493. The lowest BCUT2D eigenvalue weighted by Crippen LogP contribution is -2.48. The second kappa shape index (κ2) is 8.78. The highest BCUT2D eigenvalue weighted by Crippen LogP contribution is 2.36. The molecule has 20 heavy (non-hydrogen) atoms. The fourth-order valence-electron chi connectivity index (χ4n) is 2.85. The van der Waals surface area contributed by atoms with Crippen LogP contribution in [0.4, 0.5) is 0 Å². The Morgan fingerprint density at radius 3 is 2.20 bits per heavy atom. The van der Waals surface area contributed by atoms with Gasteiger partial charge in [-0.3, -0.25) is 0 Å². The average Bonchev–Trinajstić information content (AvgIpc) is 2.31. The molecule has 0 saturated heterocycles. The molecule has 1 atom stereocenters. The molecule has 0 aliphatic carbocycles. The maximum absolute atomic E-state index is 10.5. The summed E-state index contributed by atoms with van der Waals surface area (Å²) in [5, 5.41) is 9.35. The normalized spacial score (nSPS) is 14.6. The summed E-state index contributed by atoms with van der Waals surface area (Å²) in [6.45, 7) is 15.7. The van der Waals surface area contributed by atoms with Gasteiger partial charge in [-0.25, -0.2) is 0 Å². The molecule has 1 N–H and O–H groups in total. The van der Waals surface area contributed by atoms with Crippen molar-refractivity contribution in [3.05, 3.63) is 0 Å². The Labute approximate surface area is 125 Å². The predicted octanol–water partition coefficient (Wildman–Crippen LogP) is 3.50. The average molecular weight is 285 g/mol. The largest absolute Gasteiger partial charge is 0.396 e. The SMILES string of the molecule is CCN(CCCC=O)C(CC(C)(C)C)C(C)(C)CCO. The second-order valence-corrected chi connectivity index (χ2v) is 7.68. The molecule has 0 amide bonds. The fourth-order valence-corrected chi connectivity index (χ4v) is 2.85. The lowest BCUT2D eigenvalue weighted by atomic mass is 9.73. The van der Waals surface area contributed by atoms with Crippen molar-refractivity contribution in [1.29, 1.82) is 0 Å². The number of rotatable bonds is 10. The number of carbonyl (C=O) groups excluding carboxylic acids is 1. The van der Waals surface area contributed by atoms with E-state index in [0.29, 0.717) is 12.5 Å². The number of unbranched alkanes of at least 4 members (excludes halogenated alkanes) is 1. The van der Waals surface area contributed by atoms with Gasteiger partial charge in [-0.2, -0.15) is 0 Å². The molecule has 1 unspecified atom stereocenters. The Morgan fingerprint density at radius 1 is 1.20 bits per heavy atom. The van der Waals surface area contributed by atoms with Crippen LogP contribution in [0.3, 0.4) is 0 Å². The third kappa shape index (κ3) is 7.39. The van der Waals surface area contributed by atoms with E-state index in [-0.39, 0.29) is 17.4 Å². The van der Waals surface area contributed by atoms with E-state index in [1.807, 2.05) is 0 Å². The Bertz CT molecular complexity index is 269. The number of aldehydes is 1. The van der Waals surface area contributed by atoms with Gasteiger partial charge in [0.15, 0.2) is 0 Å². The first-order valence-corrected chi connectivity index (χ1v) is 7.96. The minimum Gasteiger partial charge on any atom is -0.396 e. The molecule has 120 valence electrons. The van der Waals surface area contributed by atoms with Crippen LogP contribution < -0.4 is 0 Å². The Balaban J connectivity index is 5.00. The standard InChI is InChI=1S/C17H35NO2/c1-7-18(11-8-9-12-19)15(14-16(2,3)4)17(5,6)10-13-20/h12,15,20H,7-11,13-14H2,1-6H3. The van der Waals surface area contributed by atoms with Crippen molar-refractivity contribution in [2.24, 2.45) is 10.8 Å². The van der Waals surface area contributed by atoms with E-state index in [1.165, 1.54) is 0 Å². The number of nitrogens with zero attached hydrogens (tertiary/aromatic N) is 1. The summed E-state index contributed by atoms with van der Waals surface area (Å²) in [5.41, 5.74) is 0.342. The van der Waals surface area contributed by atoms with E-state index in [2.05, 4.69) is 46.4 Å². The summed E-state index contributed by atoms with van der Waals surface area (Å²) in [7, 11) is 0. The molecule has 0 aliphatic heterocycles. The van der Waals surface area contributed by atoms with E-state index in [1.54, 1.807) is 0 Å². The minimum atomic E-state index is 0.0826. The number of aliphatic hydroxyl groups is 1. The highest BCUT2D eigenvalue weighted by atomic mass is 16.3. The van der Waals surface area contributed by atoms with Gasteiger partial charge < -0.3 is 14.8 Å². The van der Waals surface area contributed by atoms with Crippen LogP contribution in [-0.4, -0.2) is 42.0 Å². The van der Waals surface area contributed by atoms with Crippen LogP contribution in [0.15, 0.2) is 0 Å². The van der Waals surface area contributed by atoms with Gasteiger partial charge in [0.25, 0.3) is 0 Å². The molecular formula is C17H35NO2. The molecule has 0 aromatic heterocycles. The van der Waals surface area contributed by atoms with Crippen LogP contribution in [0.5, 0.6) is 0 Å². The molecule has 0 rings (SSSR count). The highest BCUT2D eigenvalue weighted by molar-refractivity contribution is 5.49. The van der Waals surface area contributed by atoms with Crippen LogP contribution in [0, 0.1) is 10.8 Å². The highest BCUT2D eigenvalue weighted by Gasteiger charge is 2.35. The van der Waals surface area contributed by atoms with Crippen molar-refractivity contribution in [2.75, 3.05) is 19.7 Å². The Kier molecular flexibility index (Phi) is 8.60. The lowest BCUT2D eigenvalue weighted by molar-refractivity contribution is -0.108. The summed E-state index contributed by atoms with van der Waals surface area (Å²) >= 11 is 0. The van der Waals surface area contributed by atoms with Crippen molar-refractivity contribution in [2.45, 2.75) is 73.3 Å². The van der Waals surface area contributed by atoms with Crippen molar-refractivity contribution in [1.82, 2.24) is 4.90 Å². The van der Waals surface area contributed by atoms with Gasteiger partial charge in [0, 0.05) is 19.1 Å². The second-order valence-electron chi connectivity index (χ2n) is 7.68. The van der Waals surface area contributed by atoms with Crippen LogP contribution in [-0.2, 0) is 4.79 Å². The first-order valence-electron chi connectivity index (χ1n) is 7.96.